The monoisotopic (exact) mass is 425 g/mol. The Morgan fingerprint density at radius 1 is 1.25 bits per heavy atom. The third kappa shape index (κ3) is 7.82. The van der Waals surface area contributed by atoms with Crippen molar-refractivity contribution in [2.24, 2.45) is 11.7 Å². The number of hydrogen-bond acceptors (Lipinski definition) is 5. The van der Waals surface area contributed by atoms with E-state index >= 15 is 0 Å². The molecule has 1 unspecified atom stereocenters. The number of rotatable bonds is 10. The Bertz CT molecular complexity index is 797. The molecule has 0 bridgehead atoms. The van der Waals surface area contributed by atoms with E-state index in [-0.39, 0.29) is 25.4 Å². The lowest BCUT2D eigenvalue weighted by molar-refractivity contribution is -0.138. The number of carbonyl (C=O) groups excluding carboxylic acids is 2. The van der Waals surface area contributed by atoms with Crippen LogP contribution in [0.5, 0.6) is 0 Å². The maximum atomic E-state index is 12.8. The first-order valence-electron chi connectivity index (χ1n) is 8.22. The number of nitrogens with one attached hydrogen (secondary N) is 2. The summed E-state index contributed by atoms with van der Waals surface area (Å²) in [4.78, 5) is 27.4. The topological polar surface area (TPSA) is 128 Å². The predicted molar refractivity (Wildman–Crippen MR) is 92.9 cm³/mol. The summed E-state index contributed by atoms with van der Waals surface area (Å²) in [5.74, 6) is -1.61. The molecular formula is C16H22F3N3O5S. The van der Waals surface area contributed by atoms with Crippen molar-refractivity contribution in [3.05, 3.63) is 29.8 Å². The number of halogens is 3. The van der Waals surface area contributed by atoms with Gasteiger partial charge in [-0.05, 0) is 30.5 Å². The van der Waals surface area contributed by atoms with E-state index in [4.69, 9.17) is 10.6 Å². The molecule has 2 amide bonds. The quantitative estimate of drug-likeness (QED) is 0.487. The minimum absolute atomic E-state index is 0.0752. The van der Waals surface area contributed by atoms with Crippen LogP contribution in [0.4, 0.5) is 13.2 Å². The van der Waals surface area contributed by atoms with Gasteiger partial charge in [-0.25, -0.2) is 13.9 Å². The summed E-state index contributed by atoms with van der Waals surface area (Å²) in [7, 11) is -4.50. The fraction of sp³-hybridized carbons (Fsp3) is 0.500. The zero-order valence-electron chi connectivity index (χ0n) is 15.2. The van der Waals surface area contributed by atoms with Gasteiger partial charge in [0.2, 0.25) is 15.9 Å². The molecule has 28 heavy (non-hydrogen) atoms. The molecule has 12 heteroatoms. The average Bonchev–Trinajstić information content (AvgIpc) is 2.57. The zero-order valence-corrected chi connectivity index (χ0v) is 16.1. The Kier molecular flexibility index (Phi) is 8.39. The van der Waals surface area contributed by atoms with Gasteiger partial charge in [-0.1, -0.05) is 19.9 Å². The number of hydrogen-bond donors (Lipinski definition) is 3. The van der Waals surface area contributed by atoms with Crippen LogP contribution >= 0.6 is 0 Å². The van der Waals surface area contributed by atoms with Gasteiger partial charge in [-0.15, -0.1) is 0 Å². The number of carbonyl (C=O) groups is 2. The van der Waals surface area contributed by atoms with E-state index in [1.54, 1.807) is 0 Å². The predicted octanol–water partition coefficient (Wildman–Crippen LogP) is 1.32. The van der Waals surface area contributed by atoms with E-state index in [2.05, 4.69) is 0 Å². The molecule has 0 radical (unpaired) electrons. The molecule has 4 N–H and O–H groups in total. The summed E-state index contributed by atoms with van der Waals surface area (Å²) < 4.78 is 65.3. The Hall–Kier alpha value is -2.18. The van der Waals surface area contributed by atoms with E-state index in [1.165, 1.54) is 0 Å². The van der Waals surface area contributed by atoms with Crippen molar-refractivity contribution in [2.45, 2.75) is 43.8 Å². The highest BCUT2D eigenvalue weighted by Crippen LogP contribution is 2.30. The summed E-state index contributed by atoms with van der Waals surface area (Å²) in [5, 5.41) is 0. The number of alkyl halides is 3. The van der Waals surface area contributed by atoms with Crippen LogP contribution in [-0.4, -0.2) is 32.9 Å². The lowest BCUT2D eigenvalue weighted by Crippen LogP contribution is -2.47. The molecular weight excluding hydrogens is 403 g/mol. The third-order valence-corrected chi connectivity index (χ3v) is 4.82. The summed E-state index contributed by atoms with van der Waals surface area (Å²) in [6.07, 6.45) is -5.36. The van der Waals surface area contributed by atoms with Gasteiger partial charge in [-0.3, -0.25) is 14.4 Å². The number of sulfonamides is 1. The maximum absolute atomic E-state index is 12.8. The van der Waals surface area contributed by atoms with Crippen LogP contribution in [0.2, 0.25) is 0 Å². The fourth-order valence-corrected chi connectivity index (χ4v) is 3.25. The largest absolute Gasteiger partial charge is 0.416 e. The molecule has 1 atom stereocenters. The molecule has 0 spiro atoms. The number of nitrogens with two attached hydrogens (primary N) is 1. The van der Waals surface area contributed by atoms with Gasteiger partial charge in [0, 0.05) is 6.42 Å². The Morgan fingerprint density at radius 2 is 1.89 bits per heavy atom. The Labute approximate surface area is 160 Å². The van der Waals surface area contributed by atoms with E-state index in [9.17, 15) is 31.2 Å². The summed E-state index contributed by atoms with van der Waals surface area (Å²) in [6, 6.07) is 1.58. The molecule has 0 aliphatic carbocycles. The molecule has 0 aliphatic rings. The number of amides is 2. The molecule has 8 nitrogen and oxygen atoms in total. The van der Waals surface area contributed by atoms with Gasteiger partial charge < -0.3 is 5.73 Å². The standard InChI is InChI=1S/C16H22F3N3O5S/c1-10(2)9-27-21-15(24)13(6-7-14(20)23)22-28(25,26)12-5-3-4-11(8-12)16(17,18)19/h3-5,8,10,13,22H,6-7,9H2,1-2H3,(H2,20,23)(H,21,24). The highest BCUT2D eigenvalue weighted by atomic mass is 32.2. The van der Waals surface area contributed by atoms with Gasteiger partial charge >= 0.3 is 6.18 Å². The van der Waals surface area contributed by atoms with E-state index < -0.39 is 44.5 Å². The van der Waals surface area contributed by atoms with Crippen LogP contribution in [0.25, 0.3) is 0 Å². The molecule has 1 aromatic carbocycles. The van der Waals surface area contributed by atoms with Gasteiger partial charge in [-0.2, -0.15) is 17.9 Å². The second-order valence-corrected chi connectivity index (χ2v) is 8.09. The number of hydroxylamine groups is 1. The number of benzene rings is 1. The van der Waals surface area contributed by atoms with Gasteiger partial charge in [0.15, 0.2) is 0 Å². The summed E-state index contributed by atoms with van der Waals surface area (Å²) >= 11 is 0. The van der Waals surface area contributed by atoms with Gasteiger partial charge in [0.25, 0.3) is 5.91 Å². The second kappa shape index (κ2) is 9.85. The molecule has 0 saturated carbocycles. The van der Waals surface area contributed by atoms with Gasteiger partial charge in [0.05, 0.1) is 17.1 Å². The van der Waals surface area contributed by atoms with Crippen molar-refractivity contribution < 1.29 is 36.0 Å². The molecule has 158 valence electrons. The first-order valence-corrected chi connectivity index (χ1v) is 9.70. The lowest BCUT2D eigenvalue weighted by Gasteiger charge is -2.18. The SMILES string of the molecule is CC(C)CONC(=O)C(CCC(N)=O)NS(=O)(=O)c1cccc(C(F)(F)F)c1. The molecule has 0 aliphatic heterocycles. The van der Waals surface area contributed by atoms with E-state index in [0.717, 1.165) is 18.2 Å². The van der Waals surface area contributed by atoms with Crippen molar-refractivity contribution in [3.8, 4) is 0 Å². The van der Waals surface area contributed by atoms with Crippen LogP contribution in [0, 0.1) is 5.92 Å². The Balaban J connectivity index is 3.01. The van der Waals surface area contributed by atoms with Crippen LogP contribution < -0.4 is 15.9 Å². The van der Waals surface area contributed by atoms with Crippen LogP contribution in [-0.2, 0) is 30.6 Å². The minimum atomic E-state index is -4.74. The highest BCUT2D eigenvalue weighted by Gasteiger charge is 2.32. The maximum Gasteiger partial charge on any atom is 0.416 e. The third-order valence-electron chi connectivity index (χ3n) is 3.35. The van der Waals surface area contributed by atoms with Crippen LogP contribution in [0.15, 0.2) is 29.2 Å². The molecule has 0 aromatic heterocycles. The fourth-order valence-electron chi connectivity index (χ4n) is 1.98. The first kappa shape index (κ1) is 23.9. The first-order chi connectivity index (χ1) is 12.8. The van der Waals surface area contributed by atoms with E-state index in [0.29, 0.717) is 6.07 Å². The van der Waals surface area contributed by atoms with Crippen molar-refractivity contribution in [1.82, 2.24) is 10.2 Å². The van der Waals surface area contributed by atoms with Crippen LogP contribution in [0.1, 0.15) is 32.3 Å². The molecule has 1 aromatic rings. The smallest absolute Gasteiger partial charge is 0.370 e. The van der Waals surface area contributed by atoms with Crippen molar-refractivity contribution in [2.75, 3.05) is 6.61 Å². The molecule has 0 fully saturated rings. The minimum Gasteiger partial charge on any atom is -0.370 e. The second-order valence-electron chi connectivity index (χ2n) is 6.38. The summed E-state index contributed by atoms with van der Waals surface area (Å²) in [5.41, 5.74) is 5.91. The molecule has 0 heterocycles. The van der Waals surface area contributed by atoms with E-state index in [1.807, 2.05) is 24.0 Å². The lowest BCUT2D eigenvalue weighted by atomic mass is 10.1. The number of primary amides is 1. The average molecular weight is 425 g/mol. The van der Waals surface area contributed by atoms with Gasteiger partial charge in [0.1, 0.15) is 6.04 Å². The molecule has 1 rings (SSSR count). The van der Waals surface area contributed by atoms with Crippen LogP contribution in [0.3, 0.4) is 0 Å². The van der Waals surface area contributed by atoms with Crippen molar-refractivity contribution in [3.63, 3.8) is 0 Å². The molecule has 0 saturated heterocycles. The highest BCUT2D eigenvalue weighted by molar-refractivity contribution is 7.89. The van der Waals surface area contributed by atoms with Crippen molar-refractivity contribution >= 4 is 21.8 Å². The normalized spacial score (nSPS) is 13.4. The summed E-state index contributed by atoms with van der Waals surface area (Å²) in [6.45, 7) is 3.77. The Morgan fingerprint density at radius 3 is 2.43 bits per heavy atom. The zero-order chi connectivity index (χ0) is 21.5. The van der Waals surface area contributed by atoms with Crippen molar-refractivity contribution in [1.29, 1.82) is 0 Å².